The van der Waals surface area contributed by atoms with Crippen molar-refractivity contribution >= 4 is 17.9 Å². The fourth-order valence-corrected chi connectivity index (χ4v) is 0.117. The quantitative estimate of drug-likeness (QED) is 0.418. The van der Waals surface area contributed by atoms with Gasteiger partial charge >= 0.3 is 11.9 Å². The second-order valence-corrected chi connectivity index (χ2v) is 1.67. The number of carbonyl (C=O) groups excluding carboxylic acids is 2. The van der Waals surface area contributed by atoms with Gasteiger partial charge in [0.1, 0.15) is 0 Å². The van der Waals surface area contributed by atoms with Crippen LogP contribution < -0.4 is 0 Å². The van der Waals surface area contributed by atoms with E-state index in [1.807, 2.05) is 0 Å². The SMILES string of the molecule is CC(=O)O.CC(=O)OOC(C)=O. The van der Waals surface area contributed by atoms with Gasteiger partial charge in [-0.1, -0.05) is 0 Å². The summed E-state index contributed by atoms with van der Waals surface area (Å²) in [4.78, 5) is 36.3. The Morgan fingerprint density at radius 3 is 1.17 bits per heavy atom. The average molecular weight is 178 g/mol. The fourth-order valence-electron chi connectivity index (χ4n) is 0.117. The first-order valence-electron chi connectivity index (χ1n) is 2.91. The third kappa shape index (κ3) is 39.7. The lowest BCUT2D eigenvalue weighted by Crippen LogP contribution is -2.03. The number of aliphatic carboxylic acids is 1. The molecule has 0 amide bonds. The van der Waals surface area contributed by atoms with Gasteiger partial charge in [-0.05, 0) is 0 Å². The largest absolute Gasteiger partial charge is 0.481 e. The first-order chi connectivity index (χ1) is 5.36. The van der Waals surface area contributed by atoms with Crippen molar-refractivity contribution in [3.63, 3.8) is 0 Å². The highest BCUT2D eigenvalue weighted by molar-refractivity contribution is 5.69. The smallest absolute Gasteiger partial charge is 0.352 e. The van der Waals surface area contributed by atoms with Crippen molar-refractivity contribution < 1.29 is 29.3 Å². The highest BCUT2D eigenvalue weighted by Crippen LogP contribution is 1.78. The van der Waals surface area contributed by atoms with Crippen LogP contribution >= 0.6 is 0 Å². The maximum absolute atomic E-state index is 9.85. The molecule has 0 atom stereocenters. The molecule has 0 radical (unpaired) electrons. The molecule has 0 spiro atoms. The molecule has 0 saturated heterocycles. The number of hydrogen-bond acceptors (Lipinski definition) is 5. The Kier molecular flexibility index (Phi) is 8.16. The predicted octanol–water partition coefficient (Wildman–Crippen LogP) is 0.118. The molecule has 0 saturated carbocycles. The second-order valence-electron chi connectivity index (χ2n) is 1.67. The van der Waals surface area contributed by atoms with Gasteiger partial charge in [0.15, 0.2) is 0 Å². The molecule has 0 rings (SSSR count). The monoisotopic (exact) mass is 178 g/mol. The summed E-state index contributed by atoms with van der Waals surface area (Å²) >= 11 is 0. The molecular weight excluding hydrogens is 168 g/mol. The van der Waals surface area contributed by atoms with Crippen molar-refractivity contribution in [1.82, 2.24) is 0 Å². The van der Waals surface area contributed by atoms with E-state index in [0.717, 1.165) is 20.8 Å². The molecule has 0 aliphatic carbocycles. The molecule has 0 aliphatic heterocycles. The minimum atomic E-state index is -0.833. The number of carbonyl (C=O) groups is 3. The Hall–Kier alpha value is -1.59. The van der Waals surface area contributed by atoms with E-state index in [4.69, 9.17) is 9.90 Å². The number of carboxylic acids is 1. The van der Waals surface area contributed by atoms with Crippen molar-refractivity contribution in [2.45, 2.75) is 20.8 Å². The molecule has 6 heteroatoms. The minimum Gasteiger partial charge on any atom is -0.481 e. The van der Waals surface area contributed by atoms with E-state index in [2.05, 4.69) is 9.78 Å². The van der Waals surface area contributed by atoms with E-state index < -0.39 is 17.9 Å². The number of hydrogen-bond donors (Lipinski definition) is 1. The lowest BCUT2D eigenvalue weighted by Gasteiger charge is -1.93. The van der Waals surface area contributed by atoms with E-state index in [-0.39, 0.29) is 0 Å². The van der Waals surface area contributed by atoms with Crippen LogP contribution in [0, 0.1) is 0 Å². The molecule has 0 aromatic carbocycles. The molecule has 70 valence electrons. The van der Waals surface area contributed by atoms with E-state index in [1.54, 1.807) is 0 Å². The standard InChI is InChI=1S/C4H6O4.C2H4O2/c1-3(5)7-8-4(2)6;1-2(3)4/h1-2H3;1H3,(H,3,4). The van der Waals surface area contributed by atoms with Crippen LogP contribution in [0.5, 0.6) is 0 Å². The van der Waals surface area contributed by atoms with Crippen LogP contribution in [0.3, 0.4) is 0 Å². The maximum Gasteiger partial charge on any atom is 0.352 e. The van der Waals surface area contributed by atoms with E-state index in [9.17, 15) is 9.59 Å². The third-order valence-electron chi connectivity index (χ3n) is 0.276. The second kappa shape index (κ2) is 7.52. The van der Waals surface area contributed by atoms with Crippen molar-refractivity contribution in [3.05, 3.63) is 0 Å². The van der Waals surface area contributed by atoms with E-state index in [1.165, 1.54) is 0 Å². The van der Waals surface area contributed by atoms with Crippen LogP contribution in [-0.4, -0.2) is 23.0 Å². The zero-order chi connectivity index (χ0) is 10.1. The van der Waals surface area contributed by atoms with Crippen molar-refractivity contribution in [3.8, 4) is 0 Å². The van der Waals surface area contributed by atoms with Gasteiger partial charge in [0.05, 0.1) is 0 Å². The first kappa shape index (κ1) is 13.0. The lowest BCUT2D eigenvalue weighted by molar-refractivity contribution is -0.255. The van der Waals surface area contributed by atoms with E-state index >= 15 is 0 Å². The van der Waals surface area contributed by atoms with Crippen LogP contribution in [0.2, 0.25) is 0 Å². The molecule has 6 nitrogen and oxygen atoms in total. The molecule has 0 aliphatic rings. The summed E-state index contributed by atoms with van der Waals surface area (Å²) in [6.45, 7) is 3.37. The fraction of sp³-hybridized carbons (Fsp3) is 0.500. The lowest BCUT2D eigenvalue weighted by atomic mass is 10.8. The molecule has 0 aromatic heterocycles. The Morgan fingerprint density at radius 1 is 0.917 bits per heavy atom. The van der Waals surface area contributed by atoms with Gasteiger partial charge in [-0.2, -0.15) is 0 Å². The van der Waals surface area contributed by atoms with Gasteiger partial charge in [-0.15, -0.1) is 0 Å². The molecule has 1 N–H and O–H groups in total. The zero-order valence-corrected chi connectivity index (χ0v) is 6.99. The molecule has 0 aromatic rings. The van der Waals surface area contributed by atoms with E-state index in [0.29, 0.717) is 0 Å². The number of carboxylic acid groups (broad SMARTS) is 1. The van der Waals surface area contributed by atoms with Gasteiger partial charge in [-0.25, -0.2) is 19.4 Å². The topological polar surface area (TPSA) is 89.9 Å². The zero-order valence-electron chi connectivity index (χ0n) is 6.99. The summed E-state index contributed by atoms with van der Waals surface area (Å²) in [6, 6.07) is 0. The summed E-state index contributed by atoms with van der Waals surface area (Å²) in [6.07, 6.45) is 0. The highest BCUT2D eigenvalue weighted by Gasteiger charge is 1.95. The highest BCUT2D eigenvalue weighted by atomic mass is 17.2. The molecular formula is C6H10O6. The molecule has 0 fully saturated rings. The summed E-state index contributed by atoms with van der Waals surface area (Å²) in [5.74, 6) is -2.11. The predicted molar refractivity (Wildman–Crippen MR) is 36.8 cm³/mol. The normalized spacial score (nSPS) is 7.25. The molecule has 12 heavy (non-hydrogen) atoms. The van der Waals surface area contributed by atoms with Crippen LogP contribution in [0.4, 0.5) is 0 Å². The van der Waals surface area contributed by atoms with Crippen molar-refractivity contribution in [2.24, 2.45) is 0 Å². The van der Waals surface area contributed by atoms with Gasteiger partial charge in [0.2, 0.25) is 0 Å². The summed E-state index contributed by atoms with van der Waals surface area (Å²) < 4.78 is 0. The Morgan fingerprint density at radius 2 is 1.08 bits per heavy atom. The summed E-state index contributed by atoms with van der Waals surface area (Å²) in [5, 5.41) is 7.42. The average Bonchev–Trinajstić information content (AvgIpc) is 1.82. The van der Waals surface area contributed by atoms with Crippen LogP contribution in [-0.2, 0) is 24.2 Å². The Labute approximate surface area is 69.0 Å². The number of rotatable bonds is 0. The van der Waals surface area contributed by atoms with Crippen molar-refractivity contribution in [2.75, 3.05) is 0 Å². The van der Waals surface area contributed by atoms with Gasteiger partial charge in [0.25, 0.3) is 5.97 Å². The molecule has 0 heterocycles. The Balaban J connectivity index is 0. The maximum atomic E-state index is 9.85. The van der Waals surface area contributed by atoms with Gasteiger partial charge in [0, 0.05) is 20.8 Å². The van der Waals surface area contributed by atoms with Crippen LogP contribution in [0.15, 0.2) is 0 Å². The van der Waals surface area contributed by atoms with Crippen molar-refractivity contribution in [1.29, 1.82) is 0 Å². The van der Waals surface area contributed by atoms with Gasteiger partial charge in [-0.3, -0.25) is 4.79 Å². The third-order valence-corrected chi connectivity index (χ3v) is 0.276. The minimum absolute atomic E-state index is 0.639. The van der Waals surface area contributed by atoms with Crippen LogP contribution in [0.1, 0.15) is 20.8 Å². The van der Waals surface area contributed by atoms with Crippen LogP contribution in [0.25, 0.3) is 0 Å². The molecule has 0 bridgehead atoms. The summed E-state index contributed by atoms with van der Waals surface area (Å²) in [5.41, 5.74) is 0. The van der Waals surface area contributed by atoms with Gasteiger partial charge < -0.3 is 5.11 Å². The molecule has 0 unspecified atom stereocenters. The summed E-state index contributed by atoms with van der Waals surface area (Å²) in [7, 11) is 0. The Bertz CT molecular complexity index is 155. The first-order valence-corrected chi connectivity index (χ1v) is 2.91.